The Bertz CT molecular complexity index is 1220. The second-order valence-electron chi connectivity index (χ2n) is 6.67. The van der Waals surface area contributed by atoms with Crippen LogP contribution in [0.3, 0.4) is 0 Å². The van der Waals surface area contributed by atoms with Crippen molar-refractivity contribution in [1.29, 1.82) is 0 Å². The molecule has 0 saturated carbocycles. The molecule has 0 unspecified atom stereocenters. The Balaban J connectivity index is 1.25. The standard InChI is InChI=1S/C22H17N5O3/c28-21(24-10-14-6-7-18-19(9-14)30-13-29-18)16-11-25-22(26-12-16)27-17-5-1-3-15-4-2-8-23-20(15)17/h1-9,11-12H,10,13H2,(H,24,28)(H,25,26,27). The predicted octanol–water partition coefficient (Wildman–Crippen LogP) is 3.43. The van der Waals surface area contributed by atoms with Gasteiger partial charge in [0.1, 0.15) is 0 Å². The molecule has 148 valence electrons. The van der Waals surface area contributed by atoms with Crippen molar-refractivity contribution < 1.29 is 14.3 Å². The Morgan fingerprint density at radius 2 is 1.80 bits per heavy atom. The van der Waals surface area contributed by atoms with Crippen molar-refractivity contribution in [2.45, 2.75) is 6.54 Å². The van der Waals surface area contributed by atoms with Gasteiger partial charge in [-0.25, -0.2) is 9.97 Å². The predicted molar refractivity (Wildman–Crippen MR) is 111 cm³/mol. The molecular weight excluding hydrogens is 382 g/mol. The van der Waals surface area contributed by atoms with Gasteiger partial charge in [0.15, 0.2) is 11.5 Å². The fraction of sp³-hybridized carbons (Fsp3) is 0.0909. The van der Waals surface area contributed by atoms with Crippen LogP contribution in [0.4, 0.5) is 11.6 Å². The molecule has 0 bridgehead atoms. The fourth-order valence-corrected chi connectivity index (χ4v) is 3.17. The third-order valence-corrected chi connectivity index (χ3v) is 4.68. The molecule has 8 heteroatoms. The number of nitrogens with one attached hydrogen (secondary N) is 2. The highest BCUT2D eigenvalue weighted by Gasteiger charge is 2.14. The second kappa shape index (κ2) is 7.67. The van der Waals surface area contributed by atoms with Gasteiger partial charge in [0.05, 0.1) is 16.8 Å². The van der Waals surface area contributed by atoms with Crippen LogP contribution in [0.1, 0.15) is 15.9 Å². The lowest BCUT2D eigenvalue weighted by atomic mass is 10.2. The lowest BCUT2D eigenvalue weighted by Gasteiger charge is -2.09. The number of carbonyl (C=O) groups is 1. The van der Waals surface area contributed by atoms with Crippen LogP contribution < -0.4 is 20.1 Å². The van der Waals surface area contributed by atoms with Gasteiger partial charge in [-0.1, -0.05) is 24.3 Å². The lowest BCUT2D eigenvalue weighted by Crippen LogP contribution is -2.23. The zero-order valence-electron chi connectivity index (χ0n) is 15.8. The molecule has 3 heterocycles. The van der Waals surface area contributed by atoms with Gasteiger partial charge in [-0.15, -0.1) is 0 Å². The molecule has 0 spiro atoms. The number of aromatic nitrogens is 3. The topological polar surface area (TPSA) is 98.3 Å². The van der Waals surface area contributed by atoms with Crippen LogP contribution >= 0.6 is 0 Å². The summed E-state index contributed by atoms with van der Waals surface area (Å²) in [6.07, 6.45) is 4.72. The molecule has 2 aromatic heterocycles. The maximum Gasteiger partial charge on any atom is 0.254 e. The number of rotatable bonds is 5. The Hall–Kier alpha value is -4.20. The van der Waals surface area contributed by atoms with E-state index in [1.807, 2.05) is 48.5 Å². The summed E-state index contributed by atoms with van der Waals surface area (Å²) in [6, 6.07) is 15.3. The van der Waals surface area contributed by atoms with E-state index in [9.17, 15) is 4.79 Å². The summed E-state index contributed by atoms with van der Waals surface area (Å²) in [6.45, 7) is 0.578. The molecule has 1 aliphatic heterocycles. The van der Waals surface area contributed by atoms with Gasteiger partial charge in [0.25, 0.3) is 5.91 Å². The van der Waals surface area contributed by atoms with E-state index in [4.69, 9.17) is 9.47 Å². The molecule has 1 aliphatic rings. The average Bonchev–Trinajstić information content (AvgIpc) is 3.26. The zero-order chi connectivity index (χ0) is 20.3. The maximum absolute atomic E-state index is 12.4. The van der Waals surface area contributed by atoms with Gasteiger partial charge in [-0.3, -0.25) is 9.78 Å². The first-order chi connectivity index (χ1) is 14.8. The first-order valence-electron chi connectivity index (χ1n) is 9.36. The third-order valence-electron chi connectivity index (χ3n) is 4.68. The van der Waals surface area contributed by atoms with Gasteiger partial charge in [-0.05, 0) is 29.8 Å². The molecule has 0 saturated heterocycles. The number of hydrogen-bond acceptors (Lipinski definition) is 7. The number of carbonyl (C=O) groups excluding carboxylic acids is 1. The normalized spacial score (nSPS) is 12.0. The van der Waals surface area contributed by atoms with Gasteiger partial charge >= 0.3 is 0 Å². The number of para-hydroxylation sites is 1. The third kappa shape index (κ3) is 3.58. The van der Waals surface area contributed by atoms with Gasteiger partial charge in [-0.2, -0.15) is 0 Å². The summed E-state index contributed by atoms with van der Waals surface area (Å²) in [5, 5.41) is 7.02. The smallest absolute Gasteiger partial charge is 0.254 e. The van der Waals surface area contributed by atoms with Crippen LogP contribution in [0, 0.1) is 0 Å². The number of ether oxygens (including phenoxy) is 2. The Morgan fingerprint density at radius 1 is 0.967 bits per heavy atom. The summed E-state index contributed by atoms with van der Waals surface area (Å²) in [5.41, 5.74) is 2.91. The van der Waals surface area contributed by atoms with Crippen LogP contribution in [-0.4, -0.2) is 27.7 Å². The van der Waals surface area contributed by atoms with E-state index in [2.05, 4.69) is 25.6 Å². The van der Waals surface area contributed by atoms with Crippen molar-refractivity contribution in [3.63, 3.8) is 0 Å². The van der Waals surface area contributed by atoms with Crippen molar-refractivity contribution in [1.82, 2.24) is 20.3 Å². The van der Waals surface area contributed by atoms with Crippen molar-refractivity contribution in [2.75, 3.05) is 12.1 Å². The van der Waals surface area contributed by atoms with E-state index in [1.165, 1.54) is 12.4 Å². The molecule has 30 heavy (non-hydrogen) atoms. The SMILES string of the molecule is O=C(NCc1ccc2c(c1)OCO2)c1cnc(Nc2cccc3cccnc23)nc1. The first-order valence-corrected chi connectivity index (χ1v) is 9.36. The number of hydrogen-bond donors (Lipinski definition) is 2. The number of anilines is 2. The zero-order valence-corrected chi connectivity index (χ0v) is 15.8. The highest BCUT2D eigenvalue weighted by molar-refractivity contribution is 5.94. The summed E-state index contributed by atoms with van der Waals surface area (Å²) in [7, 11) is 0. The largest absolute Gasteiger partial charge is 0.454 e. The molecule has 8 nitrogen and oxygen atoms in total. The summed E-state index contributed by atoms with van der Waals surface area (Å²) >= 11 is 0. The monoisotopic (exact) mass is 399 g/mol. The molecule has 2 N–H and O–H groups in total. The molecule has 0 atom stereocenters. The van der Waals surface area contributed by atoms with E-state index in [-0.39, 0.29) is 12.7 Å². The van der Waals surface area contributed by atoms with E-state index in [0.717, 1.165) is 22.2 Å². The van der Waals surface area contributed by atoms with Crippen LogP contribution in [0.25, 0.3) is 10.9 Å². The quantitative estimate of drug-likeness (QED) is 0.530. The van der Waals surface area contributed by atoms with E-state index in [1.54, 1.807) is 6.20 Å². The molecular formula is C22H17N5O3. The lowest BCUT2D eigenvalue weighted by molar-refractivity contribution is 0.0950. The molecule has 4 aromatic rings. The van der Waals surface area contributed by atoms with Crippen LogP contribution in [0.15, 0.2) is 67.1 Å². The molecule has 0 aliphatic carbocycles. The second-order valence-corrected chi connectivity index (χ2v) is 6.67. The van der Waals surface area contributed by atoms with Crippen molar-refractivity contribution in [3.8, 4) is 11.5 Å². The fourth-order valence-electron chi connectivity index (χ4n) is 3.17. The minimum Gasteiger partial charge on any atom is -0.454 e. The molecule has 0 radical (unpaired) electrons. The van der Waals surface area contributed by atoms with E-state index < -0.39 is 0 Å². The minimum absolute atomic E-state index is 0.220. The van der Waals surface area contributed by atoms with Crippen molar-refractivity contribution >= 4 is 28.4 Å². The van der Waals surface area contributed by atoms with E-state index >= 15 is 0 Å². The maximum atomic E-state index is 12.4. The molecule has 1 amide bonds. The van der Waals surface area contributed by atoms with Crippen LogP contribution in [-0.2, 0) is 6.54 Å². The number of fused-ring (bicyclic) bond motifs is 2. The molecule has 2 aromatic carbocycles. The minimum atomic E-state index is -0.258. The number of amides is 1. The van der Waals surface area contributed by atoms with Crippen molar-refractivity contribution in [3.05, 3.63) is 78.2 Å². The number of pyridine rings is 1. The first kappa shape index (κ1) is 17.9. The number of nitrogens with zero attached hydrogens (tertiary/aromatic N) is 3. The highest BCUT2D eigenvalue weighted by Crippen LogP contribution is 2.32. The van der Waals surface area contributed by atoms with Gasteiger partial charge in [0.2, 0.25) is 12.7 Å². The summed E-state index contributed by atoms with van der Waals surface area (Å²) < 4.78 is 10.6. The summed E-state index contributed by atoms with van der Waals surface area (Å²) in [5.74, 6) is 1.53. The number of benzene rings is 2. The van der Waals surface area contributed by atoms with Crippen LogP contribution in [0.2, 0.25) is 0 Å². The Kier molecular flexibility index (Phi) is 4.57. The van der Waals surface area contributed by atoms with Crippen LogP contribution in [0.5, 0.6) is 11.5 Å². The van der Waals surface area contributed by atoms with Gasteiger partial charge < -0.3 is 20.1 Å². The highest BCUT2D eigenvalue weighted by atomic mass is 16.7. The van der Waals surface area contributed by atoms with E-state index in [0.29, 0.717) is 29.6 Å². The average molecular weight is 399 g/mol. The van der Waals surface area contributed by atoms with Gasteiger partial charge in [0, 0.05) is 30.5 Å². The Labute approximate surface area is 171 Å². The Morgan fingerprint density at radius 3 is 2.70 bits per heavy atom. The van der Waals surface area contributed by atoms with Crippen molar-refractivity contribution in [2.24, 2.45) is 0 Å². The molecule has 5 rings (SSSR count). The molecule has 0 fully saturated rings. The summed E-state index contributed by atoms with van der Waals surface area (Å²) in [4.78, 5) is 25.3.